The predicted molar refractivity (Wildman–Crippen MR) is 89.9 cm³/mol. The molecule has 0 atom stereocenters. The fraction of sp³-hybridized carbons (Fsp3) is 0.294. The molecule has 0 saturated heterocycles. The third-order valence-electron chi connectivity index (χ3n) is 3.83. The van der Waals surface area contributed by atoms with Crippen LogP contribution in [0.1, 0.15) is 29.8 Å². The number of amides is 2. The lowest BCUT2D eigenvalue weighted by atomic mass is 10.2. The molecule has 1 heterocycles. The fourth-order valence-corrected chi connectivity index (χ4v) is 2.35. The summed E-state index contributed by atoms with van der Waals surface area (Å²) < 4.78 is 1.82. The summed E-state index contributed by atoms with van der Waals surface area (Å²) in [6, 6.07) is 9.89. The van der Waals surface area contributed by atoms with Crippen molar-refractivity contribution in [3.63, 3.8) is 0 Å². The second-order valence-corrected chi connectivity index (χ2v) is 5.78. The summed E-state index contributed by atoms with van der Waals surface area (Å²) in [6.45, 7) is 3.80. The number of rotatable bonds is 4. The highest BCUT2D eigenvalue weighted by molar-refractivity contribution is 6.35. The number of carbonyl (C=O) groups is 2. The fourth-order valence-electron chi connectivity index (χ4n) is 2.35. The zero-order valence-corrected chi connectivity index (χ0v) is 13.6. The lowest BCUT2D eigenvalue weighted by Crippen LogP contribution is -2.38. The van der Waals surface area contributed by atoms with Crippen LogP contribution in [-0.2, 0) is 9.59 Å². The first kappa shape index (κ1) is 15.9. The molecule has 1 saturated carbocycles. The minimum atomic E-state index is -0.760. The normalized spacial score (nSPS) is 13.9. The average Bonchev–Trinajstić information content (AvgIpc) is 3.35. The summed E-state index contributed by atoms with van der Waals surface area (Å²) in [5.41, 5.74) is 5.70. The van der Waals surface area contributed by atoms with Crippen molar-refractivity contribution in [1.29, 1.82) is 0 Å². The van der Waals surface area contributed by atoms with Crippen LogP contribution in [0.3, 0.4) is 0 Å². The maximum absolute atomic E-state index is 11.6. The molecule has 1 aromatic heterocycles. The van der Waals surface area contributed by atoms with E-state index in [4.69, 9.17) is 0 Å². The van der Waals surface area contributed by atoms with Gasteiger partial charge in [0.05, 0.1) is 23.3 Å². The van der Waals surface area contributed by atoms with Gasteiger partial charge in [-0.25, -0.2) is 10.1 Å². The van der Waals surface area contributed by atoms with Gasteiger partial charge in [0.25, 0.3) is 0 Å². The maximum Gasteiger partial charge on any atom is 0.329 e. The van der Waals surface area contributed by atoms with Gasteiger partial charge >= 0.3 is 11.8 Å². The van der Waals surface area contributed by atoms with Crippen LogP contribution in [0.5, 0.6) is 0 Å². The summed E-state index contributed by atoms with van der Waals surface area (Å²) in [5.74, 6) is -1.41. The first-order valence-electron chi connectivity index (χ1n) is 7.82. The van der Waals surface area contributed by atoms with Crippen molar-refractivity contribution < 1.29 is 9.59 Å². The van der Waals surface area contributed by atoms with Crippen molar-refractivity contribution >= 4 is 18.0 Å². The Labute approximate surface area is 139 Å². The van der Waals surface area contributed by atoms with Gasteiger partial charge in [0.15, 0.2) is 0 Å². The predicted octanol–water partition coefficient (Wildman–Crippen LogP) is 1.22. The number of hydrazone groups is 1. The molecular weight excluding hydrogens is 306 g/mol. The van der Waals surface area contributed by atoms with Crippen LogP contribution >= 0.6 is 0 Å². The summed E-state index contributed by atoms with van der Waals surface area (Å²) >= 11 is 0. The first-order valence-corrected chi connectivity index (χ1v) is 7.82. The molecule has 0 aliphatic heterocycles. The summed E-state index contributed by atoms with van der Waals surface area (Å²) in [5, 5.41) is 11.0. The molecule has 7 heteroatoms. The van der Waals surface area contributed by atoms with Crippen LogP contribution in [0.4, 0.5) is 0 Å². The number of nitrogens with one attached hydrogen (secondary N) is 2. The Morgan fingerprint density at radius 2 is 1.92 bits per heavy atom. The molecule has 7 nitrogen and oxygen atoms in total. The van der Waals surface area contributed by atoms with Gasteiger partial charge in [0.2, 0.25) is 0 Å². The molecule has 24 heavy (non-hydrogen) atoms. The Hall–Kier alpha value is -2.96. The van der Waals surface area contributed by atoms with Crippen LogP contribution < -0.4 is 10.7 Å². The summed E-state index contributed by atoms with van der Waals surface area (Å²) in [7, 11) is 0. The Balaban J connectivity index is 1.69. The quantitative estimate of drug-likeness (QED) is 0.503. The highest BCUT2D eigenvalue weighted by Gasteiger charge is 2.26. The Kier molecular flexibility index (Phi) is 4.41. The van der Waals surface area contributed by atoms with E-state index in [-0.39, 0.29) is 6.04 Å². The van der Waals surface area contributed by atoms with Crippen molar-refractivity contribution in [3.05, 3.63) is 47.3 Å². The van der Waals surface area contributed by atoms with Crippen LogP contribution in [0.25, 0.3) is 5.69 Å². The zero-order valence-electron chi connectivity index (χ0n) is 13.6. The average molecular weight is 325 g/mol. The molecule has 0 unspecified atom stereocenters. The molecule has 124 valence electrons. The third-order valence-corrected chi connectivity index (χ3v) is 3.83. The van der Waals surface area contributed by atoms with E-state index in [9.17, 15) is 9.59 Å². The van der Waals surface area contributed by atoms with Crippen molar-refractivity contribution in [2.24, 2.45) is 5.10 Å². The van der Waals surface area contributed by atoms with Crippen molar-refractivity contribution in [3.8, 4) is 5.69 Å². The first-order chi connectivity index (χ1) is 11.6. The number of benzene rings is 1. The van der Waals surface area contributed by atoms with E-state index in [1.165, 1.54) is 6.21 Å². The lowest BCUT2D eigenvalue weighted by Gasteiger charge is -2.03. The molecule has 0 spiro atoms. The van der Waals surface area contributed by atoms with Gasteiger partial charge in [-0.15, -0.1) is 0 Å². The smallest absolute Gasteiger partial charge is 0.329 e. The number of carbonyl (C=O) groups excluding carboxylic acids is 2. The van der Waals surface area contributed by atoms with Crippen LogP contribution in [0.15, 0.2) is 35.4 Å². The van der Waals surface area contributed by atoms with E-state index in [1.807, 2.05) is 48.9 Å². The van der Waals surface area contributed by atoms with E-state index in [1.54, 1.807) is 0 Å². The monoisotopic (exact) mass is 325 g/mol. The van der Waals surface area contributed by atoms with Crippen LogP contribution in [0.2, 0.25) is 0 Å². The molecule has 2 aromatic rings. The number of para-hydroxylation sites is 1. The van der Waals surface area contributed by atoms with Crippen molar-refractivity contribution in [2.75, 3.05) is 0 Å². The highest BCUT2D eigenvalue weighted by Crippen LogP contribution is 2.18. The molecule has 2 N–H and O–H groups in total. The van der Waals surface area contributed by atoms with Crippen molar-refractivity contribution in [2.45, 2.75) is 32.7 Å². The standard InChI is InChI=1S/C17H19N5O2/c1-11-15(10-18-20-17(24)16(23)19-13-8-9-13)12(2)22(21-11)14-6-4-3-5-7-14/h3-7,10,13H,8-9H2,1-2H3,(H,19,23)(H,20,24)/b18-10-. The van der Waals surface area contributed by atoms with E-state index < -0.39 is 11.8 Å². The third kappa shape index (κ3) is 3.51. The minimum Gasteiger partial charge on any atom is -0.345 e. The Morgan fingerprint density at radius 3 is 2.58 bits per heavy atom. The Morgan fingerprint density at radius 1 is 1.21 bits per heavy atom. The van der Waals surface area contributed by atoms with E-state index >= 15 is 0 Å². The topological polar surface area (TPSA) is 88.4 Å². The number of aromatic nitrogens is 2. The number of aryl methyl sites for hydroxylation is 1. The van der Waals surface area contributed by atoms with Crippen molar-refractivity contribution in [1.82, 2.24) is 20.5 Å². The lowest BCUT2D eigenvalue weighted by molar-refractivity contribution is -0.139. The molecule has 0 bridgehead atoms. The van der Waals surface area contributed by atoms with Crippen LogP contribution in [0, 0.1) is 13.8 Å². The number of nitrogens with zero attached hydrogens (tertiary/aromatic N) is 3. The molecule has 1 aromatic carbocycles. The van der Waals surface area contributed by atoms with Gasteiger partial charge in [0, 0.05) is 11.6 Å². The molecule has 3 rings (SSSR count). The van der Waals surface area contributed by atoms with Gasteiger partial charge in [0.1, 0.15) is 0 Å². The molecule has 1 aliphatic rings. The SMILES string of the molecule is Cc1nn(-c2ccccc2)c(C)c1/C=N\NC(=O)C(=O)NC1CC1. The molecule has 2 amide bonds. The number of hydrogen-bond donors (Lipinski definition) is 2. The maximum atomic E-state index is 11.6. The van der Waals surface area contributed by atoms with Gasteiger partial charge < -0.3 is 5.32 Å². The van der Waals surface area contributed by atoms with E-state index in [2.05, 4.69) is 20.9 Å². The molecule has 1 aliphatic carbocycles. The van der Waals surface area contributed by atoms with Gasteiger partial charge in [-0.3, -0.25) is 9.59 Å². The second kappa shape index (κ2) is 6.66. The molecule has 0 radical (unpaired) electrons. The summed E-state index contributed by atoms with van der Waals surface area (Å²) in [6.07, 6.45) is 3.37. The van der Waals surface area contributed by atoms with Gasteiger partial charge in [-0.2, -0.15) is 10.2 Å². The Bertz CT molecular complexity index is 791. The van der Waals surface area contributed by atoms with Gasteiger partial charge in [-0.1, -0.05) is 18.2 Å². The largest absolute Gasteiger partial charge is 0.345 e. The second-order valence-electron chi connectivity index (χ2n) is 5.78. The zero-order chi connectivity index (χ0) is 17.1. The van der Waals surface area contributed by atoms with Crippen LogP contribution in [-0.4, -0.2) is 33.9 Å². The minimum absolute atomic E-state index is 0.140. The number of hydrogen-bond acceptors (Lipinski definition) is 4. The highest BCUT2D eigenvalue weighted by atomic mass is 16.2. The van der Waals surface area contributed by atoms with E-state index in [0.717, 1.165) is 35.5 Å². The molecule has 1 fully saturated rings. The van der Waals surface area contributed by atoms with E-state index in [0.29, 0.717) is 0 Å². The molecular formula is C17H19N5O2. The van der Waals surface area contributed by atoms with Gasteiger partial charge in [-0.05, 0) is 38.8 Å². The summed E-state index contributed by atoms with van der Waals surface area (Å²) in [4.78, 5) is 23.2.